The van der Waals surface area contributed by atoms with Gasteiger partial charge in [-0.3, -0.25) is 14.3 Å². The minimum atomic E-state index is -0.507. The minimum absolute atomic E-state index is 0. The molecule has 1 unspecified atom stereocenters. The van der Waals surface area contributed by atoms with E-state index in [1.807, 2.05) is 6.07 Å². The van der Waals surface area contributed by atoms with Crippen LogP contribution in [0.25, 0.3) is 0 Å². The van der Waals surface area contributed by atoms with Gasteiger partial charge in [-0.05, 0) is 24.7 Å². The van der Waals surface area contributed by atoms with E-state index in [9.17, 15) is 9.59 Å². The van der Waals surface area contributed by atoms with Gasteiger partial charge < -0.3 is 15.4 Å². The number of carbonyl (C=O) groups excluding carboxylic acids is 2. The number of amides is 1. The lowest BCUT2D eigenvalue weighted by Crippen LogP contribution is -2.30. The Kier molecular flexibility index (Phi) is 7.41. The number of anilines is 1. The highest BCUT2D eigenvalue weighted by molar-refractivity contribution is 5.95. The zero-order valence-electron chi connectivity index (χ0n) is 13.8. The third-order valence-corrected chi connectivity index (χ3v) is 3.38. The molecule has 0 spiro atoms. The number of rotatable bonds is 6. The third kappa shape index (κ3) is 5.07. The first kappa shape index (κ1) is 19.7. The predicted molar refractivity (Wildman–Crippen MR) is 93.0 cm³/mol. The number of benzene rings is 1. The van der Waals surface area contributed by atoms with E-state index in [1.165, 1.54) is 7.11 Å². The number of hydrogen-bond acceptors (Lipinski definition) is 5. The summed E-state index contributed by atoms with van der Waals surface area (Å²) in [6, 6.07) is 6.61. The zero-order chi connectivity index (χ0) is 16.8. The van der Waals surface area contributed by atoms with Crippen LogP contribution < -0.4 is 10.6 Å². The molecule has 7 nitrogen and oxygen atoms in total. The van der Waals surface area contributed by atoms with Crippen molar-refractivity contribution in [3.05, 3.63) is 47.8 Å². The van der Waals surface area contributed by atoms with Crippen LogP contribution in [-0.4, -0.2) is 35.8 Å². The van der Waals surface area contributed by atoms with Crippen LogP contribution in [0.1, 0.15) is 17.2 Å². The molecule has 2 N–H and O–H groups in total. The van der Waals surface area contributed by atoms with E-state index in [1.54, 1.807) is 49.4 Å². The van der Waals surface area contributed by atoms with Crippen LogP contribution in [0.15, 0.2) is 36.7 Å². The molecule has 1 amide bonds. The van der Waals surface area contributed by atoms with Crippen LogP contribution in [0.4, 0.5) is 5.69 Å². The molecule has 0 aliphatic heterocycles. The zero-order valence-corrected chi connectivity index (χ0v) is 14.6. The molecule has 0 fully saturated rings. The largest absolute Gasteiger partial charge is 0.469 e. The molecule has 0 aliphatic rings. The van der Waals surface area contributed by atoms with Crippen molar-refractivity contribution < 1.29 is 14.3 Å². The van der Waals surface area contributed by atoms with Crippen molar-refractivity contribution in [2.45, 2.75) is 12.5 Å². The van der Waals surface area contributed by atoms with Gasteiger partial charge in [0.15, 0.2) is 0 Å². The van der Waals surface area contributed by atoms with Gasteiger partial charge in [-0.25, -0.2) is 0 Å². The van der Waals surface area contributed by atoms with E-state index in [0.29, 0.717) is 5.69 Å². The summed E-state index contributed by atoms with van der Waals surface area (Å²) < 4.78 is 6.29. The molecule has 0 radical (unpaired) electrons. The van der Waals surface area contributed by atoms with Crippen molar-refractivity contribution >= 4 is 30.0 Å². The van der Waals surface area contributed by atoms with Crippen molar-refractivity contribution in [1.82, 2.24) is 15.1 Å². The highest BCUT2D eigenvalue weighted by Crippen LogP contribution is 2.16. The summed E-state index contributed by atoms with van der Waals surface area (Å²) in [6.07, 6.45) is 3.60. The van der Waals surface area contributed by atoms with Crippen molar-refractivity contribution in [3.8, 4) is 0 Å². The van der Waals surface area contributed by atoms with Crippen molar-refractivity contribution in [2.75, 3.05) is 19.5 Å². The fourth-order valence-corrected chi connectivity index (χ4v) is 2.25. The second-order valence-electron chi connectivity index (χ2n) is 5.11. The van der Waals surface area contributed by atoms with Gasteiger partial charge in [0.2, 0.25) is 5.91 Å². The van der Waals surface area contributed by atoms with Crippen LogP contribution >= 0.6 is 12.4 Å². The van der Waals surface area contributed by atoms with Gasteiger partial charge in [0, 0.05) is 24.5 Å². The number of methoxy groups -OCH3 is 1. The molecule has 1 atom stereocenters. The SMILES string of the molecule is CNC(C(=O)Nc1cccc(CC(=O)OC)c1)c1cnn(C)c1.Cl. The maximum atomic E-state index is 12.4. The third-order valence-electron chi connectivity index (χ3n) is 3.38. The molecule has 0 aliphatic carbocycles. The second-order valence-corrected chi connectivity index (χ2v) is 5.11. The normalized spacial score (nSPS) is 11.3. The highest BCUT2D eigenvalue weighted by Gasteiger charge is 2.20. The average Bonchev–Trinajstić information content (AvgIpc) is 2.94. The summed E-state index contributed by atoms with van der Waals surface area (Å²) >= 11 is 0. The Hall–Kier alpha value is -2.38. The van der Waals surface area contributed by atoms with Crippen molar-refractivity contribution in [3.63, 3.8) is 0 Å². The number of halogens is 1. The number of carbonyl (C=O) groups is 2. The van der Waals surface area contributed by atoms with Crippen LogP contribution in [0, 0.1) is 0 Å². The molecule has 2 rings (SSSR count). The van der Waals surface area contributed by atoms with Crippen molar-refractivity contribution in [2.24, 2.45) is 7.05 Å². The average molecular weight is 353 g/mol. The Morgan fingerprint density at radius 1 is 1.38 bits per heavy atom. The van der Waals surface area contributed by atoms with Gasteiger partial charge in [-0.1, -0.05) is 12.1 Å². The Labute approximate surface area is 146 Å². The van der Waals surface area contributed by atoms with Crippen LogP contribution in [0.5, 0.6) is 0 Å². The number of nitrogens with one attached hydrogen (secondary N) is 2. The molecule has 24 heavy (non-hydrogen) atoms. The minimum Gasteiger partial charge on any atom is -0.469 e. The number of aryl methyl sites for hydroxylation is 1. The van der Waals surface area contributed by atoms with Gasteiger partial charge in [-0.2, -0.15) is 5.10 Å². The van der Waals surface area contributed by atoms with Crippen LogP contribution in [0.3, 0.4) is 0 Å². The fourth-order valence-electron chi connectivity index (χ4n) is 2.25. The van der Waals surface area contributed by atoms with Gasteiger partial charge in [-0.15, -0.1) is 12.4 Å². The first-order valence-electron chi connectivity index (χ1n) is 7.16. The Bertz CT molecular complexity index is 702. The summed E-state index contributed by atoms with van der Waals surface area (Å²) in [5.41, 5.74) is 2.18. The lowest BCUT2D eigenvalue weighted by Gasteiger charge is -2.15. The van der Waals surface area contributed by atoms with E-state index in [4.69, 9.17) is 0 Å². The van der Waals surface area contributed by atoms with Crippen LogP contribution in [0.2, 0.25) is 0 Å². The van der Waals surface area contributed by atoms with E-state index < -0.39 is 6.04 Å². The maximum Gasteiger partial charge on any atom is 0.309 e. The van der Waals surface area contributed by atoms with Gasteiger partial charge in [0.1, 0.15) is 6.04 Å². The number of aromatic nitrogens is 2. The molecule has 130 valence electrons. The first-order chi connectivity index (χ1) is 11.0. The molecule has 1 aromatic heterocycles. The molecule has 0 saturated heterocycles. The van der Waals surface area contributed by atoms with E-state index in [-0.39, 0.29) is 30.7 Å². The van der Waals surface area contributed by atoms with Gasteiger partial charge >= 0.3 is 5.97 Å². The number of nitrogens with zero attached hydrogens (tertiary/aromatic N) is 2. The second kappa shape index (κ2) is 9.05. The first-order valence-corrected chi connectivity index (χ1v) is 7.16. The van der Waals surface area contributed by atoms with E-state index in [2.05, 4.69) is 20.5 Å². The lowest BCUT2D eigenvalue weighted by atomic mass is 10.1. The molecule has 1 heterocycles. The Balaban J connectivity index is 0.00000288. The molecule has 0 saturated carbocycles. The summed E-state index contributed by atoms with van der Waals surface area (Å²) in [5, 5.41) is 9.89. The van der Waals surface area contributed by atoms with Crippen molar-refractivity contribution in [1.29, 1.82) is 0 Å². The standard InChI is InChI=1S/C16H20N4O3.ClH/c1-17-15(12-9-18-20(2)10-12)16(22)19-13-6-4-5-11(7-13)8-14(21)23-3;/h4-7,9-10,15,17H,8H2,1-3H3,(H,19,22);1H. The molecule has 2 aromatic rings. The summed E-state index contributed by atoms with van der Waals surface area (Å²) in [7, 11) is 4.86. The molecule has 0 bridgehead atoms. The van der Waals surface area contributed by atoms with E-state index >= 15 is 0 Å². The van der Waals surface area contributed by atoms with Gasteiger partial charge in [0.25, 0.3) is 0 Å². The predicted octanol–water partition coefficient (Wildman–Crippen LogP) is 1.46. The summed E-state index contributed by atoms with van der Waals surface area (Å²) in [5.74, 6) is -0.521. The highest BCUT2D eigenvalue weighted by atomic mass is 35.5. The fraction of sp³-hybridized carbons (Fsp3) is 0.312. The number of hydrogen-bond donors (Lipinski definition) is 2. The van der Waals surface area contributed by atoms with Gasteiger partial charge in [0.05, 0.1) is 19.7 Å². The number of likely N-dealkylation sites (N-methyl/N-ethyl adjacent to an activating group) is 1. The smallest absolute Gasteiger partial charge is 0.309 e. The van der Waals surface area contributed by atoms with E-state index in [0.717, 1.165) is 11.1 Å². The Morgan fingerprint density at radius 2 is 2.12 bits per heavy atom. The summed E-state index contributed by atoms with van der Waals surface area (Å²) in [6.45, 7) is 0. The molecular weight excluding hydrogens is 332 g/mol. The number of ether oxygens (including phenoxy) is 1. The number of esters is 1. The quantitative estimate of drug-likeness (QED) is 0.769. The maximum absolute atomic E-state index is 12.4. The molecule has 8 heteroatoms. The Morgan fingerprint density at radius 3 is 2.71 bits per heavy atom. The molecule has 1 aromatic carbocycles. The summed E-state index contributed by atoms with van der Waals surface area (Å²) in [4.78, 5) is 23.8. The van der Waals surface area contributed by atoms with Crippen LogP contribution in [-0.2, 0) is 27.8 Å². The molecular formula is C16H21ClN4O3. The monoisotopic (exact) mass is 352 g/mol. The topological polar surface area (TPSA) is 85.2 Å². The lowest BCUT2D eigenvalue weighted by molar-refractivity contribution is -0.139.